The Morgan fingerprint density at radius 1 is 1.19 bits per heavy atom. The molecule has 0 aliphatic rings. The van der Waals surface area contributed by atoms with E-state index >= 15 is 0 Å². The lowest BCUT2D eigenvalue weighted by Crippen LogP contribution is -2.20. The SMILES string of the molecule is COc1ccc(Nc2nc(=O)c(F)cn2Cc2ccc(F)c(Cl)c2)c(C)n1. The van der Waals surface area contributed by atoms with Crippen molar-refractivity contribution in [3.05, 3.63) is 74.8 Å². The fraction of sp³-hybridized carbons (Fsp3) is 0.167. The van der Waals surface area contributed by atoms with Crippen LogP contribution < -0.4 is 15.6 Å². The van der Waals surface area contributed by atoms with E-state index in [2.05, 4.69) is 15.3 Å². The molecule has 27 heavy (non-hydrogen) atoms. The molecule has 0 radical (unpaired) electrons. The number of aryl methyl sites for hydroxylation is 1. The molecule has 2 heterocycles. The highest BCUT2D eigenvalue weighted by Gasteiger charge is 2.12. The van der Waals surface area contributed by atoms with Gasteiger partial charge < -0.3 is 14.6 Å². The van der Waals surface area contributed by atoms with Crippen LogP contribution >= 0.6 is 11.6 Å². The summed E-state index contributed by atoms with van der Waals surface area (Å²) in [5.74, 6) is -1.01. The van der Waals surface area contributed by atoms with Crippen molar-refractivity contribution in [1.82, 2.24) is 14.5 Å². The first kappa shape index (κ1) is 18.8. The number of aromatic nitrogens is 3. The molecule has 6 nitrogen and oxygen atoms in total. The first-order valence-electron chi connectivity index (χ1n) is 7.87. The topological polar surface area (TPSA) is 69.0 Å². The molecule has 0 amide bonds. The maximum Gasteiger partial charge on any atom is 0.310 e. The second kappa shape index (κ2) is 7.71. The van der Waals surface area contributed by atoms with Crippen LogP contribution in [0.4, 0.5) is 20.4 Å². The van der Waals surface area contributed by atoms with Gasteiger partial charge in [0.1, 0.15) is 5.82 Å². The van der Waals surface area contributed by atoms with Crippen molar-refractivity contribution in [2.45, 2.75) is 13.5 Å². The maximum atomic E-state index is 13.8. The summed E-state index contributed by atoms with van der Waals surface area (Å²) in [5, 5.41) is 2.92. The monoisotopic (exact) mass is 392 g/mol. The Balaban J connectivity index is 1.98. The van der Waals surface area contributed by atoms with Crippen LogP contribution in [0.2, 0.25) is 5.02 Å². The minimum Gasteiger partial charge on any atom is -0.481 e. The quantitative estimate of drug-likeness (QED) is 0.717. The lowest BCUT2D eigenvalue weighted by molar-refractivity contribution is 0.397. The molecule has 0 atom stereocenters. The van der Waals surface area contributed by atoms with Gasteiger partial charge in [0.05, 0.1) is 30.1 Å². The van der Waals surface area contributed by atoms with Gasteiger partial charge in [-0.2, -0.15) is 9.37 Å². The second-order valence-electron chi connectivity index (χ2n) is 5.71. The van der Waals surface area contributed by atoms with Gasteiger partial charge >= 0.3 is 5.56 Å². The number of nitrogens with one attached hydrogen (secondary N) is 1. The van der Waals surface area contributed by atoms with Gasteiger partial charge in [-0.1, -0.05) is 17.7 Å². The number of rotatable bonds is 5. The molecule has 0 aliphatic carbocycles. The van der Waals surface area contributed by atoms with Crippen molar-refractivity contribution in [3.63, 3.8) is 0 Å². The van der Waals surface area contributed by atoms with Crippen molar-refractivity contribution in [1.29, 1.82) is 0 Å². The molecule has 1 N–H and O–H groups in total. The molecule has 0 saturated carbocycles. The summed E-state index contributed by atoms with van der Waals surface area (Å²) in [6.45, 7) is 1.87. The minimum absolute atomic E-state index is 0.0494. The van der Waals surface area contributed by atoms with Gasteiger partial charge in [0.25, 0.3) is 0 Å². The van der Waals surface area contributed by atoms with E-state index < -0.39 is 17.2 Å². The van der Waals surface area contributed by atoms with Crippen LogP contribution in [0.1, 0.15) is 11.3 Å². The fourth-order valence-electron chi connectivity index (χ4n) is 2.43. The number of nitrogens with zero attached hydrogens (tertiary/aromatic N) is 3. The molecule has 3 aromatic rings. The number of hydrogen-bond donors (Lipinski definition) is 1. The van der Waals surface area contributed by atoms with Crippen LogP contribution in [-0.2, 0) is 6.54 Å². The fourth-order valence-corrected chi connectivity index (χ4v) is 2.63. The number of hydrogen-bond acceptors (Lipinski definition) is 5. The third-order valence-corrected chi connectivity index (χ3v) is 4.10. The number of anilines is 2. The Kier molecular flexibility index (Phi) is 5.36. The summed E-state index contributed by atoms with van der Waals surface area (Å²) < 4.78 is 33.6. The van der Waals surface area contributed by atoms with E-state index in [1.165, 1.54) is 29.9 Å². The van der Waals surface area contributed by atoms with Crippen LogP contribution in [0, 0.1) is 18.6 Å². The van der Waals surface area contributed by atoms with Crippen LogP contribution in [0.25, 0.3) is 0 Å². The zero-order valence-electron chi connectivity index (χ0n) is 14.5. The molecule has 2 aromatic heterocycles. The molecular weight excluding hydrogens is 378 g/mol. The van der Waals surface area contributed by atoms with Crippen LogP contribution in [0.5, 0.6) is 5.88 Å². The Morgan fingerprint density at radius 2 is 1.96 bits per heavy atom. The summed E-state index contributed by atoms with van der Waals surface area (Å²) in [6, 6.07) is 7.50. The zero-order valence-corrected chi connectivity index (χ0v) is 15.2. The molecule has 9 heteroatoms. The van der Waals surface area contributed by atoms with Gasteiger partial charge in [0.2, 0.25) is 17.6 Å². The van der Waals surface area contributed by atoms with E-state index in [1.807, 2.05) is 0 Å². The van der Waals surface area contributed by atoms with Crippen molar-refractivity contribution >= 4 is 23.2 Å². The first-order chi connectivity index (χ1) is 12.9. The number of pyridine rings is 1. The summed E-state index contributed by atoms with van der Waals surface area (Å²) >= 11 is 5.80. The zero-order chi connectivity index (χ0) is 19.6. The third kappa shape index (κ3) is 4.22. The van der Waals surface area contributed by atoms with Crippen molar-refractivity contribution < 1.29 is 13.5 Å². The lowest BCUT2D eigenvalue weighted by atomic mass is 10.2. The Hall–Kier alpha value is -3.00. The van der Waals surface area contributed by atoms with Gasteiger partial charge in [-0.25, -0.2) is 9.37 Å². The predicted molar refractivity (Wildman–Crippen MR) is 97.8 cm³/mol. The standard InChI is InChI=1S/C18H15ClF2N4O2/c1-10-15(5-6-16(22-10)27-2)23-18-24-17(26)14(21)9-25(18)8-11-3-4-13(20)12(19)7-11/h3-7,9H,8H2,1-2H3,(H,23,24,26). The predicted octanol–water partition coefficient (Wildman–Crippen LogP) is 3.68. The molecule has 0 fully saturated rings. The molecule has 0 aliphatic heterocycles. The van der Waals surface area contributed by atoms with Gasteiger partial charge in [-0.05, 0) is 30.7 Å². The van der Waals surface area contributed by atoms with Crippen LogP contribution in [0.15, 0.2) is 41.3 Å². The second-order valence-corrected chi connectivity index (χ2v) is 6.11. The summed E-state index contributed by atoms with van der Waals surface area (Å²) in [5.41, 5.74) is 0.786. The summed E-state index contributed by atoms with van der Waals surface area (Å²) in [7, 11) is 1.50. The average Bonchev–Trinajstić information content (AvgIpc) is 2.64. The normalized spacial score (nSPS) is 10.7. The third-order valence-electron chi connectivity index (χ3n) is 3.81. The van der Waals surface area contributed by atoms with E-state index in [-0.39, 0.29) is 17.5 Å². The van der Waals surface area contributed by atoms with Crippen LogP contribution in [-0.4, -0.2) is 21.6 Å². The Morgan fingerprint density at radius 3 is 2.63 bits per heavy atom. The molecule has 0 spiro atoms. The van der Waals surface area contributed by atoms with E-state index in [4.69, 9.17) is 16.3 Å². The molecule has 3 rings (SSSR count). The summed E-state index contributed by atoms with van der Waals surface area (Å²) in [6.07, 6.45) is 1.03. The number of ether oxygens (including phenoxy) is 1. The smallest absolute Gasteiger partial charge is 0.310 e. The molecule has 0 saturated heterocycles. The Bertz CT molecular complexity index is 1060. The number of halogens is 3. The average molecular weight is 393 g/mol. The van der Waals surface area contributed by atoms with Gasteiger partial charge in [0.15, 0.2) is 0 Å². The molecule has 0 bridgehead atoms. The highest BCUT2D eigenvalue weighted by Crippen LogP contribution is 2.22. The van der Waals surface area contributed by atoms with E-state index in [0.29, 0.717) is 22.8 Å². The molecule has 0 unspecified atom stereocenters. The van der Waals surface area contributed by atoms with Crippen molar-refractivity contribution in [2.75, 3.05) is 12.4 Å². The largest absolute Gasteiger partial charge is 0.481 e. The highest BCUT2D eigenvalue weighted by molar-refractivity contribution is 6.30. The maximum absolute atomic E-state index is 13.8. The molecule has 1 aromatic carbocycles. The Labute approximate surface area is 158 Å². The number of methoxy groups -OCH3 is 1. The van der Waals surface area contributed by atoms with E-state index in [9.17, 15) is 13.6 Å². The van der Waals surface area contributed by atoms with Crippen molar-refractivity contribution in [2.24, 2.45) is 0 Å². The molecule has 140 valence electrons. The summed E-state index contributed by atoms with van der Waals surface area (Å²) in [4.78, 5) is 19.6. The van der Waals surface area contributed by atoms with E-state index in [1.54, 1.807) is 19.1 Å². The van der Waals surface area contributed by atoms with Gasteiger partial charge in [0, 0.05) is 12.3 Å². The molecular formula is C18H15ClF2N4O2. The van der Waals surface area contributed by atoms with Crippen molar-refractivity contribution in [3.8, 4) is 5.88 Å². The van der Waals surface area contributed by atoms with Crippen LogP contribution in [0.3, 0.4) is 0 Å². The van der Waals surface area contributed by atoms with E-state index in [0.717, 1.165) is 6.20 Å². The minimum atomic E-state index is -1.00. The van der Waals surface area contributed by atoms with Gasteiger partial charge in [-0.3, -0.25) is 4.79 Å². The highest BCUT2D eigenvalue weighted by atomic mass is 35.5. The van der Waals surface area contributed by atoms with Gasteiger partial charge in [-0.15, -0.1) is 0 Å². The number of benzene rings is 1. The first-order valence-corrected chi connectivity index (χ1v) is 8.24. The lowest BCUT2D eigenvalue weighted by Gasteiger charge is -2.15.